The van der Waals surface area contributed by atoms with Gasteiger partial charge in [-0.1, -0.05) is 0 Å². The maximum absolute atomic E-state index is 11.2. The summed E-state index contributed by atoms with van der Waals surface area (Å²) in [4.78, 5) is 15.2. The van der Waals surface area contributed by atoms with E-state index < -0.39 is 6.10 Å². The first-order valence-corrected chi connectivity index (χ1v) is 4.87. The van der Waals surface area contributed by atoms with Gasteiger partial charge in [-0.15, -0.1) is 0 Å². The minimum Gasteiger partial charge on any atom is -0.393 e. The molecular weight excluding hydrogens is 196 g/mol. The van der Waals surface area contributed by atoms with Crippen molar-refractivity contribution < 1.29 is 9.90 Å². The average Bonchev–Trinajstić information content (AvgIpc) is 2.58. The topological polar surface area (TPSA) is 80.0 Å². The van der Waals surface area contributed by atoms with Gasteiger partial charge in [0.1, 0.15) is 6.33 Å². The summed E-state index contributed by atoms with van der Waals surface area (Å²) in [7, 11) is 1.77. The summed E-state index contributed by atoms with van der Waals surface area (Å²) in [6.07, 6.45) is 1.94. The molecule has 0 saturated carbocycles. The number of carbonyl (C=O) groups excluding carboxylic acids is 1. The molecule has 0 aliphatic rings. The van der Waals surface area contributed by atoms with Crippen molar-refractivity contribution in [2.45, 2.75) is 32.4 Å². The van der Waals surface area contributed by atoms with Crippen molar-refractivity contribution in [2.75, 3.05) is 0 Å². The monoisotopic (exact) mass is 212 g/mol. The molecule has 6 heteroatoms. The van der Waals surface area contributed by atoms with Gasteiger partial charge in [-0.3, -0.25) is 9.48 Å². The molecule has 1 amide bonds. The number of hydrogen-bond donors (Lipinski definition) is 2. The number of aliphatic hydroxyl groups is 1. The first kappa shape index (κ1) is 11.6. The molecule has 1 atom stereocenters. The second-order valence-corrected chi connectivity index (χ2v) is 3.50. The maximum atomic E-state index is 11.2. The minimum absolute atomic E-state index is 0.0941. The molecule has 2 N–H and O–H groups in total. The second-order valence-electron chi connectivity index (χ2n) is 3.50. The number of amides is 1. The molecule has 6 nitrogen and oxygen atoms in total. The number of hydrogen-bond acceptors (Lipinski definition) is 4. The summed E-state index contributed by atoms with van der Waals surface area (Å²) in [5, 5.41) is 15.7. The number of nitrogens with zero attached hydrogens (tertiary/aromatic N) is 3. The third-order valence-corrected chi connectivity index (χ3v) is 1.88. The van der Waals surface area contributed by atoms with Crippen LogP contribution in [0.1, 0.15) is 25.6 Å². The molecule has 0 radical (unpaired) electrons. The van der Waals surface area contributed by atoms with Crippen LogP contribution in [0, 0.1) is 0 Å². The van der Waals surface area contributed by atoms with Crippen LogP contribution in [0.4, 0.5) is 0 Å². The van der Waals surface area contributed by atoms with Gasteiger partial charge in [-0.25, -0.2) is 4.98 Å². The minimum atomic E-state index is -0.441. The molecular formula is C9H16N4O2. The van der Waals surface area contributed by atoms with Gasteiger partial charge >= 0.3 is 0 Å². The van der Waals surface area contributed by atoms with Crippen LogP contribution in [0.25, 0.3) is 0 Å². The van der Waals surface area contributed by atoms with E-state index in [4.69, 9.17) is 5.11 Å². The average molecular weight is 212 g/mol. The molecule has 1 rings (SSSR count). The van der Waals surface area contributed by atoms with Gasteiger partial charge in [0, 0.05) is 13.5 Å². The van der Waals surface area contributed by atoms with E-state index in [0.717, 1.165) is 0 Å². The highest BCUT2D eigenvalue weighted by Gasteiger charge is 2.05. The largest absolute Gasteiger partial charge is 0.393 e. The Balaban J connectivity index is 2.22. The smallest absolute Gasteiger partial charge is 0.220 e. The van der Waals surface area contributed by atoms with E-state index in [1.54, 1.807) is 25.0 Å². The highest BCUT2D eigenvalue weighted by atomic mass is 16.3. The van der Waals surface area contributed by atoms with Crippen molar-refractivity contribution in [3.05, 3.63) is 12.2 Å². The Morgan fingerprint density at radius 3 is 3.00 bits per heavy atom. The van der Waals surface area contributed by atoms with Gasteiger partial charge in [-0.2, -0.15) is 5.10 Å². The first-order valence-electron chi connectivity index (χ1n) is 4.87. The molecule has 1 heterocycles. The van der Waals surface area contributed by atoms with Gasteiger partial charge in [0.25, 0.3) is 0 Å². The highest BCUT2D eigenvalue weighted by molar-refractivity contribution is 5.75. The van der Waals surface area contributed by atoms with Gasteiger partial charge < -0.3 is 10.4 Å². The number of aliphatic hydroxyl groups excluding tert-OH is 1. The fourth-order valence-electron chi connectivity index (χ4n) is 1.07. The van der Waals surface area contributed by atoms with E-state index in [1.807, 2.05) is 0 Å². The Morgan fingerprint density at radius 1 is 1.73 bits per heavy atom. The van der Waals surface area contributed by atoms with Crippen molar-refractivity contribution >= 4 is 5.91 Å². The van der Waals surface area contributed by atoms with Crippen molar-refractivity contribution in [2.24, 2.45) is 7.05 Å². The molecule has 1 unspecified atom stereocenters. The lowest BCUT2D eigenvalue weighted by molar-refractivity contribution is -0.121. The number of aromatic nitrogens is 3. The van der Waals surface area contributed by atoms with Gasteiger partial charge in [0.15, 0.2) is 5.82 Å². The molecule has 0 aliphatic heterocycles. The van der Waals surface area contributed by atoms with E-state index >= 15 is 0 Å². The quantitative estimate of drug-likeness (QED) is 0.695. The van der Waals surface area contributed by atoms with Crippen molar-refractivity contribution in [3.8, 4) is 0 Å². The van der Waals surface area contributed by atoms with Gasteiger partial charge in [0.05, 0.1) is 12.6 Å². The van der Waals surface area contributed by atoms with Crippen molar-refractivity contribution in [1.82, 2.24) is 20.1 Å². The highest BCUT2D eigenvalue weighted by Crippen LogP contribution is 1.95. The predicted molar refractivity (Wildman–Crippen MR) is 53.8 cm³/mol. The second kappa shape index (κ2) is 5.45. The molecule has 0 saturated heterocycles. The third kappa shape index (κ3) is 4.55. The van der Waals surface area contributed by atoms with E-state index in [2.05, 4.69) is 15.4 Å². The van der Waals surface area contributed by atoms with Crippen LogP contribution in [0.5, 0.6) is 0 Å². The van der Waals surface area contributed by atoms with Crippen LogP contribution < -0.4 is 5.32 Å². The molecule has 1 aromatic heterocycles. The summed E-state index contributed by atoms with van der Waals surface area (Å²) in [5.41, 5.74) is 0. The zero-order valence-corrected chi connectivity index (χ0v) is 8.97. The lowest BCUT2D eigenvalue weighted by Crippen LogP contribution is -2.24. The van der Waals surface area contributed by atoms with Crippen LogP contribution in [0.15, 0.2) is 6.33 Å². The van der Waals surface area contributed by atoms with E-state index in [-0.39, 0.29) is 5.91 Å². The maximum Gasteiger partial charge on any atom is 0.220 e. The van der Waals surface area contributed by atoms with Gasteiger partial charge in [-0.05, 0) is 13.3 Å². The Bertz CT molecular complexity index is 322. The fraction of sp³-hybridized carbons (Fsp3) is 0.667. The molecule has 15 heavy (non-hydrogen) atoms. The Kier molecular flexibility index (Phi) is 4.23. The lowest BCUT2D eigenvalue weighted by atomic mass is 10.2. The number of rotatable bonds is 5. The standard InChI is InChI=1S/C9H16N4O2/c1-7(14)3-4-9(15)10-5-8-11-6-13(2)12-8/h6-7,14H,3-5H2,1-2H3,(H,10,15). The van der Waals surface area contributed by atoms with Crippen LogP contribution in [0.2, 0.25) is 0 Å². The zero-order valence-electron chi connectivity index (χ0n) is 8.97. The Morgan fingerprint density at radius 2 is 2.47 bits per heavy atom. The number of carbonyl (C=O) groups is 1. The van der Waals surface area contributed by atoms with E-state index in [0.29, 0.717) is 25.2 Å². The van der Waals surface area contributed by atoms with Crippen molar-refractivity contribution in [3.63, 3.8) is 0 Å². The lowest BCUT2D eigenvalue weighted by Gasteiger charge is -2.04. The molecule has 0 aromatic carbocycles. The van der Waals surface area contributed by atoms with Crippen LogP contribution in [-0.2, 0) is 18.4 Å². The third-order valence-electron chi connectivity index (χ3n) is 1.88. The van der Waals surface area contributed by atoms with Gasteiger partial charge in [0.2, 0.25) is 5.91 Å². The normalized spacial score (nSPS) is 12.5. The zero-order chi connectivity index (χ0) is 11.3. The molecule has 0 aliphatic carbocycles. The first-order chi connectivity index (χ1) is 7.08. The van der Waals surface area contributed by atoms with Crippen LogP contribution in [-0.4, -0.2) is 31.9 Å². The Labute approximate surface area is 88.3 Å². The summed E-state index contributed by atoms with van der Waals surface area (Å²) < 4.78 is 1.58. The summed E-state index contributed by atoms with van der Waals surface area (Å²) >= 11 is 0. The summed E-state index contributed by atoms with van der Waals surface area (Å²) in [6.45, 7) is 1.99. The van der Waals surface area contributed by atoms with E-state index in [9.17, 15) is 4.79 Å². The van der Waals surface area contributed by atoms with Crippen LogP contribution >= 0.6 is 0 Å². The molecule has 0 fully saturated rings. The number of nitrogens with one attached hydrogen (secondary N) is 1. The molecule has 0 spiro atoms. The predicted octanol–water partition coefficient (Wildman–Crippen LogP) is -0.408. The summed E-state index contributed by atoms with van der Waals surface area (Å²) in [6, 6.07) is 0. The summed E-state index contributed by atoms with van der Waals surface area (Å²) in [5.74, 6) is 0.492. The molecule has 84 valence electrons. The van der Waals surface area contributed by atoms with Crippen molar-refractivity contribution in [1.29, 1.82) is 0 Å². The fourth-order valence-corrected chi connectivity index (χ4v) is 1.07. The van der Waals surface area contributed by atoms with E-state index in [1.165, 1.54) is 0 Å². The molecule has 0 bridgehead atoms. The SMILES string of the molecule is CC(O)CCC(=O)NCc1ncn(C)n1. The Hall–Kier alpha value is -1.43. The van der Waals surface area contributed by atoms with Crippen LogP contribution in [0.3, 0.4) is 0 Å². The molecule has 1 aromatic rings. The number of aryl methyl sites for hydroxylation is 1.